The standard InChI is InChI=1S/C19H19ClN2OS2/c1-2-3-6-11-24-19-22-16-10-9-13(12-17(16)25-19)21-18(23)14-7-4-5-8-15(14)20/h4-5,7-10,12H,2-3,6,11H2,1H3,(H,21,23). The van der Waals surface area contributed by atoms with E-state index in [1.54, 1.807) is 29.5 Å². The van der Waals surface area contributed by atoms with Crippen molar-refractivity contribution in [1.29, 1.82) is 0 Å². The van der Waals surface area contributed by atoms with Crippen molar-refractivity contribution in [1.82, 2.24) is 4.98 Å². The van der Waals surface area contributed by atoms with Crippen molar-refractivity contribution < 1.29 is 4.79 Å². The number of hydrogen-bond donors (Lipinski definition) is 1. The Morgan fingerprint density at radius 1 is 1.24 bits per heavy atom. The highest BCUT2D eigenvalue weighted by Crippen LogP contribution is 2.32. The molecule has 1 N–H and O–H groups in total. The number of rotatable bonds is 7. The molecule has 0 bridgehead atoms. The molecular weight excluding hydrogens is 372 g/mol. The van der Waals surface area contributed by atoms with E-state index >= 15 is 0 Å². The van der Waals surface area contributed by atoms with Crippen LogP contribution < -0.4 is 5.32 Å². The number of nitrogens with zero attached hydrogens (tertiary/aromatic N) is 1. The lowest BCUT2D eigenvalue weighted by atomic mass is 10.2. The van der Waals surface area contributed by atoms with Crippen LogP contribution in [0, 0.1) is 0 Å². The molecule has 130 valence electrons. The molecule has 3 aromatic rings. The molecule has 0 aliphatic rings. The summed E-state index contributed by atoms with van der Waals surface area (Å²) in [6, 6.07) is 12.8. The average Bonchev–Trinajstić information content (AvgIpc) is 3.01. The van der Waals surface area contributed by atoms with E-state index < -0.39 is 0 Å². The first-order valence-electron chi connectivity index (χ1n) is 8.26. The number of amides is 1. The minimum Gasteiger partial charge on any atom is -0.322 e. The first-order chi connectivity index (χ1) is 12.2. The van der Waals surface area contributed by atoms with Crippen LogP contribution in [0.5, 0.6) is 0 Å². The molecule has 0 saturated heterocycles. The van der Waals surface area contributed by atoms with Gasteiger partial charge in [-0.2, -0.15) is 0 Å². The van der Waals surface area contributed by atoms with Crippen LogP contribution in [0.3, 0.4) is 0 Å². The Bertz CT molecular complexity index is 879. The first-order valence-corrected chi connectivity index (χ1v) is 10.4. The van der Waals surface area contributed by atoms with Gasteiger partial charge in [0.2, 0.25) is 0 Å². The van der Waals surface area contributed by atoms with E-state index in [0.29, 0.717) is 10.6 Å². The monoisotopic (exact) mass is 390 g/mol. The van der Waals surface area contributed by atoms with Gasteiger partial charge in [0, 0.05) is 11.4 Å². The Morgan fingerprint density at radius 2 is 2.08 bits per heavy atom. The third-order valence-corrected chi connectivity index (χ3v) is 6.30. The average molecular weight is 391 g/mol. The van der Waals surface area contributed by atoms with Gasteiger partial charge in [-0.1, -0.05) is 55.3 Å². The molecule has 1 heterocycles. The van der Waals surface area contributed by atoms with E-state index in [9.17, 15) is 4.79 Å². The Labute approximate surface area is 160 Å². The molecule has 25 heavy (non-hydrogen) atoms. The second-order valence-corrected chi connectivity index (χ2v) is 8.43. The fraction of sp³-hybridized carbons (Fsp3) is 0.263. The van der Waals surface area contributed by atoms with Crippen LogP contribution in [0.25, 0.3) is 10.2 Å². The molecule has 2 aromatic carbocycles. The largest absolute Gasteiger partial charge is 0.322 e. The molecular formula is C19H19ClN2OS2. The van der Waals surface area contributed by atoms with Crippen molar-refractivity contribution in [2.24, 2.45) is 0 Å². The summed E-state index contributed by atoms with van der Waals surface area (Å²) in [6.45, 7) is 2.21. The van der Waals surface area contributed by atoms with E-state index in [1.165, 1.54) is 19.3 Å². The van der Waals surface area contributed by atoms with Crippen LogP contribution in [0.1, 0.15) is 36.5 Å². The van der Waals surface area contributed by atoms with Gasteiger partial charge in [-0.05, 0) is 36.8 Å². The molecule has 1 amide bonds. The quantitative estimate of drug-likeness (QED) is 0.370. The zero-order valence-corrected chi connectivity index (χ0v) is 16.3. The fourth-order valence-electron chi connectivity index (χ4n) is 2.40. The number of benzene rings is 2. The number of nitrogens with one attached hydrogen (secondary N) is 1. The summed E-state index contributed by atoms with van der Waals surface area (Å²) >= 11 is 9.56. The smallest absolute Gasteiger partial charge is 0.257 e. The summed E-state index contributed by atoms with van der Waals surface area (Å²) < 4.78 is 2.16. The van der Waals surface area contributed by atoms with Gasteiger partial charge in [0.15, 0.2) is 4.34 Å². The number of unbranched alkanes of at least 4 members (excludes halogenated alkanes) is 2. The van der Waals surface area contributed by atoms with Crippen LogP contribution >= 0.6 is 34.7 Å². The number of carbonyl (C=O) groups is 1. The molecule has 0 spiro atoms. The van der Waals surface area contributed by atoms with Gasteiger partial charge in [0.1, 0.15) is 0 Å². The van der Waals surface area contributed by atoms with Crippen LogP contribution in [0.2, 0.25) is 5.02 Å². The zero-order chi connectivity index (χ0) is 17.6. The lowest BCUT2D eigenvalue weighted by Crippen LogP contribution is -2.12. The molecule has 0 aliphatic heterocycles. The molecule has 0 radical (unpaired) electrons. The van der Waals surface area contributed by atoms with Crippen LogP contribution in [-0.2, 0) is 0 Å². The Hall–Kier alpha value is -1.56. The lowest BCUT2D eigenvalue weighted by molar-refractivity contribution is 0.102. The highest BCUT2D eigenvalue weighted by molar-refractivity contribution is 8.01. The Kier molecular flexibility index (Phi) is 6.34. The summed E-state index contributed by atoms with van der Waals surface area (Å²) in [6.07, 6.45) is 3.71. The van der Waals surface area contributed by atoms with Crippen molar-refractivity contribution in [3.05, 3.63) is 53.1 Å². The van der Waals surface area contributed by atoms with Crippen molar-refractivity contribution >= 4 is 56.5 Å². The minimum atomic E-state index is -0.205. The first kappa shape index (κ1) is 18.2. The molecule has 6 heteroatoms. The van der Waals surface area contributed by atoms with Gasteiger partial charge in [0.05, 0.1) is 20.8 Å². The van der Waals surface area contributed by atoms with Crippen molar-refractivity contribution in [3.63, 3.8) is 0 Å². The number of aromatic nitrogens is 1. The van der Waals surface area contributed by atoms with Crippen LogP contribution in [-0.4, -0.2) is 16.6 Å². The molecule has 3 rings (SSSR count). The van der Waals surface area contributed by atoms with Gasteiger partial charge >= 0.3 is 0 Å². The van der Waals surface area contributed by atoms with Gasteiger partial charge in [-0.3, -0.25) is 4.79 Å². The Balaban J connectivity index is 1.70. The number of anilines is 1. The fourth-order valence-corrected chi connectivity index (χ4v) is 4.80. The third kappa shape index (κ3) is 4.75. The topological polar surface area (TPSA) is 42.0 Å². The van der Waals surface area contributed by atoms with Crippen molar-refractivity contribution in [3.8, 4) is 0 Å². The summed E-state index contributed by atoms with van der Waals surface area (Å²) in [7, 11) is 0. The summed E-state index contributed by atoms with van der Waals surface area (Å²) in [5, 5.41) is 3.36. The van der Waals surface area contributed by atoms with Crippen molar-refractivity contribution in [2.45, 2.75) is 30.5 Å². The summed E-state index contributed by atoms with van der Waals surface area (Å²) in [5.74, 6) is 0.896. The lowest BCUT2D eigenvalue weighted by Gasteiger charge is -2.06. The SMILES string of the molecule is CCCCCSc1nc2ccc(NC(=O)c3ccccc3Cl)cc2s1. The van der Waals surface area contributed by atoms with Gasteiger partial charge in [-0.15, -0.1) is 11.3 Å². The molecule has 3 nitrogen and oxygen atoms in total. The normalized spacial score (nSPS) is 11.0. The molecule has 0 unspecified atom stereocenters. The molecule has 1 aromatic heterocycles. The number of carbonyl (C=O) groups excluding carboxylic acids is 1. The Morgan fingerprint density at radius 3 is 2.88 bits per heavy atom. The highest BCUT2D eigenvalue weighted by Gasteiger charge is 2.11. The van der Waals surface area contributed by atoms with Crippen LogP contribution in [0.4, 0.5) is 5.69 Å². The number of fused-ring (bicyclic) bond motifs is 1. The van der Waals surface area contributed by atoms with E-state index in [1.807, 2.05) is 36.0 Å². The predicted octanol–water partition coefficient (Wildman–Crippen LogP) is 6.48. The maximum Gasteiger partial charge on any atom is 0.257 e. The van der Waals surface area contributed by atoms with Gasteiger partial charge in [0.25, 0.3) is 5.91 Å². The number of thiazole rings is 1. The predicted molar refractivity (Wildman–Crippen MR) is 109 cm³/mol. The van der Waals surface area contributed by atoms with E-state index in [4.69, 9.17) is 11.6 Å². The molecule has 0 atom stereocenters. The van der Waals surface area contributed by atoms with E-state index in [-0.39, 0.29) is 5.91 Å². The highest BCUT2D eigenvalue weighted by atomic mass is 35.5. The summed E-state index contributed by atoms with van der Waals surface area (Å²) in [5.41, 5.74) is 2.20. The van der Waals surface area contributed by atoms with Gasteiger partial charge < -0.3 is 5.32 Å². The number of halogens is 1. The van der Waals surface area contributed by atoms with E-state index in [2.05, 4.69) is 17.2 Å². The zero-order valence-electron chi connectivity index (χ0n) is 13.9. The number of hydrogen-bond acceptors (Lipinski definition) is 4. The number of thioether (sulfide) groups is 1. The third-order valence-electron chi connectivity index (χ3n) is 3.72. The van der Waals surface area contributed by atoms with E-state index in [0.717, 1.165) is 26.0 Å². The summed E-state index contributed by atoms with van der Waals surface area (Å²) in [4.78, 5) is 17.0. The van der Waals surface area contributed by atoms with Crippen molar-refractivity contribution in [2.75, 3.05) is 11.1 Å². The second-order valence-electron chi connectivity index (χ2n) is 5.65. The maximum absolute atomic E-state index is 12.4. The van der Waals surface area contributed by atoms with Crippen LogP contribution in [0.15, 0.2) is 46.8 Å². The maximum atomic E-state index is 12.4. The molecule has 0 saturated carbocycles. The van der Waals surface area contributed by atoms with Gasteiger partial charge in [-0.25, -0.2) is 4.98 Å². The molecule has 0 fully saturated rings. The molecule has 0 aliphatic carbocycles. The second kappa shape index (κ2) is 8.70. The minimum absolute atomic E-state index is 0.205.